The van der Waals surface area contributed by atoms with Crippen LogP contribution in [0.15, 0.2) is 72.8 Å². The molecule has 0 aliphatic rings. The highest BCUT2D eigenvalue weighted by atomic mass is 19.4. The van der Waals surface area contributed by atoms with Crippen LogP contribution >= 0.6 is 0 Å². The summed E-state index contributed by atoms with van der Waals surface area (Å²) in [6.45, 7) is 15.3. The smallest absolute Gasteiger partial charge is 0.324 e. The molecule has 0 aromatic heterocycles. The number of hydrogen-bond acceptors (Lipinski definition) is 0. The van der Waals surface area contributed by atoms with Crippen molar-refractivity contribution in [3.05, 3.63) is 117 Å². The van der Waals surface area contributed by atoms with Crippen LogP contribution in [0.4, 0.5) is 105 Å². The topological polar surface area (TPSA) is 0 Å². The van der Waals surface area contributed by atoms with E-state index in [1.54, 1.807) is 0 Å². The Morgan fingerprint density at radius 1 is 0.211 bits per heavy atom. The fraction of sp³-hybridized carbons (Fsp3) is 0.625. The van der Waals surface area contributed by atoms with Crippen LogP contribution in [0, 0.1) is 0 Å². The van der Waals surface area contributed by atoms with Crippen LogP contribution in [0.1, 0.15) is 226 Å². The summed E-state index contributed by atoms with van der Waals surface area (Å²) < 4.78 is 342. The highest BCUT2D eigenvalue weighted by Crippen LogP contribution is 2.42. The van der Waals surface area contributed by atoms with Crippen LogP contribution in [-0.2, 0) is 49.4 Å². The summed E-state index contributed by atoms with van der Waals surface area (Å²) in [7, 11) is 0. The van der Waals surface area contributed by atoms with Crippen molar-refractivity contribution in [1.29, 1.82) is 0 Å². The molecule has 512 valence electrons. The van der Waals surface area contributed by atoms with Gasteiger partial charge in [-0.15, -0.1) is 0 Å². The van der Waals surface area contributed by atoms with Crippen LogP contribution in [0.3, 0.4) is 0 Å². The van der Waals surface area contributed by atoms with Crippen molar-refractivity contribution in [2.45, 2.75) is 231 Å². The van der Waals surface area contributed by atoms with Gasteiger partial charge in [0, 0.05) is 0 Å². The van der Waals surface area contributed by atoms with Crippen LogP contribution in [0.25, 0.3) is 0 Å². The Labute approximate surface area is 511 Å². The Balaban J connectivity index is 0.000000547. The molecular formula is C64H80BF24N. The normalized spacial score (nSPS) is 13.5. The average molecular weight is 1330 g/mol. The van der Waals surface area contributed by atoms with Gasteiger partial charge in [0.05, 0.1) is 70.7 Å². The van der Waals surface area contributed by atoms with Gasteiger partial charge >= 0.3 is 49.4 Å². The summed E-state index contributed by atoms with van der Waals surface area (Å²) in [4.78, 5) is 0. The zero-order valence-electron chi connectivity index (χ0n) is 50.8. The van der Waals surface area contributed by atoms with Gasteiger partial charge in [-0.25, -0.2) is 0 Å². The highest BCUT2D eigenvalue weighted by molar-refractivity contribution is 7.20. The third kappa shape index (κ3) is 24.6. The molecular weight excluding hydrogens is 1250 g/mol. The summed E-state index contributed by atoms with van der Waals surface area (Å²) in [5.74, 6) is 0. The molecule has 0 fully saturated rings. The number of rotatable bonds is 32. The van der Waals surface area contributed by atoms with E-state index >= 15 is 0 Å². The van der Waals surface area contributed by atoms with Crippen molar-refractivity contribution in [2.75, 3.05) is 26.2 Å². The monoisotopic (exact) mass is 1330 g/mol. The van der Waals surface area contributed by atoms with Crippen molar-refractivity contribution >= 4 is 28.0 Å². The van der Waals surface area contributed by atoms with Gasteiger partial charge in [-0.3, -0.25) is 0 Å². The van der Waals surface area contributed by atoms with E-state index in [1.165, 1.54) is 185 Å². The minimum absolute atomic E-state index is 0.691. The van der Waals surface area contributed by atoms with Crippen molar-refractivity contribution in [3.8, 4) is 0 Å². The van der Waals surface area contributed by atoms with E-state index in [9.17, 15) is 105 Å². The molecule has 0 bridgehead atoms. The molecule has 4 rings (SSSR count). The first-order chi connectivity index (χ1) is 41.5. The number of benzene rings is 4. The first-order valence-corrected chi connectivity index (χ1v) is 30.7. The Morgan fingerprint density at radius 3 is 0.478 bits per heavy atom. The number of unbranched alkanes of at least 4 members (excludes halogenated alkanes) is 20. The maximum atomic E-state index is 14.2. The minimum Gasteiger partial charge on any atom is -0.324 e. The van der Waals surface area contributed by atoms with Gasteiger partial charge in [0.25, 0.3) is 0 Å². The van der Waals surface area contributed by atoms with Crippen LogP contribution in [-0.4, -0.2) is 36.8 Å². The van der Waals surface area contributed by atoms with E-state index in [0.29, 0.717) is 0 Å². The quantitative estimate of drug-likeness (QED) is 0.0198. The first-order valence-electron chi connectivity index (χ1n) is 30.7. The number of hydrogen-bond donors (Lipinski definition) is 0. The van der Waals surface area contributed by atoms with Gasteiger partial charge in [-0.1, -0.05) is 179 Å². The molecule has 26 heteroatoms. The van der Waals surface area contributed by atoms with Gasteiger partial charge in [-0.2, -0.15) is 127 Å². The van der Waals surface area contributed by atoms with Gasteiger partial charge < -0.3 is 4.48 Å². The van der Waals surface area contributed by atoms with Crippen molar-refractivity contribution in [1.82, 2.24) is 0 Å². The Morgan fingerprint density at radius 2 is 0.344 bits per heavy atom. The molecule has 0 amide bonds. The van der Waals surface area contributed by atoms with Crippen LogP contribution < -0.4 is 21.9 Å². The van der Waals surface area contributed by atoms with E-state index < -0.39 is 195 Å². The lowest BCUT2D eigenvalue weighted by Crippen LogP contribution is -2.75. The zero-order valence-corrected chi connectivity index (χ0v) is 50.8. The second-order valence-electron chi connectivity index (χ2n) is 23.5. The van der Waals surface area contributed by atoms with E-state index in [-0.39, 0.29) is 0 Å². The maximum absolute atomic E-state index is 14.2. The molecule has 4 aromatic rings. The molecule has 0 radical (unpaired) electrons. The predicted molar refractivity (Wildman–Crippen MR) is 303 cm³/mol. The first kappa shape index (κ1) is 79.5. The molecule has 0 aliphatic heterocycles. The lowest BCUT2D eigenvalue weighted by molar-refractivity contribution is -0.929. The summed E-state index contributed by atoms with van der Waals surface area (Å²) in [5, 5.41) is 0. The minimum atomic E-state index is -6.13. The number of nitrogens with zero attached hydrogens (tertiary/aromatic N) is 1. The van der Waals surface area contributed by atoms with Crippen molar-refractivity contribution < 1.29 is 110 Å². The molecule has 0 saturated heterocycles. The number of alkyl halides is 24. The highest BCUT2D eigenvalue weighted by Gasteiger charge is 2.47. The largest absolute Gasteiger partial charge is 0.416 e. The number of quaternary nitrogens is 1. The summed E-state index contributed by atoms with van der Waals surface area (Å²) in [6, 6.07) is -8.81. The molecule has 1 nitrogen and oxygen atoms in total. The molecule has 0 heterocycles. The molecule has 0 atom stereocenters. The van der Waals surface area contributed by atoms with Gasteiger partial charge in [0.1, 0.15) is 6.15 Å². The molecule has 4 aromatic carbocycles. The van der Waals surface area contributed by atoms with Gasteiger partial charge in [-0.05, 0) is 75.6 Å². The van der Waals surface area contributed by atoms with Crippen LogP contribution in [0.5, 0.6) is 0 Å². The summed E-state index contributed by atoms with van der Waals surface area (Å²) >= 11 is 0. The second kappa shape index (κ2) is 33.9. The number of halogens is 24. The van der Waals surface area contributed by atoms with Gasteiger partial charge in [0.15, 0.2) is 0 Å². The van der Waals surface area contributed by atoms with Crippen molar-refractivity contribution in [3.63, 3.8) is 0 Å². The second-order valence-corrected chi connectivity index (χ2v) is 23.5. The van der Waals surface area contributed by atoms with Gasteiger partial charge in [0.2, 0.25) is 0 Å². The molecule has 0 saturated carbocycles. The van der Waals surface area contributed by atoms with E-state index in [0.717, 1.165) is 0 Å². The molecule has 90 heavy (non-hydrogen) atoms. The predicted octanol–water partition coefficient (Wildman–Crippen LogP) is 22.5. The molecule has 0 aliphatic carbocycles. The molecule has 0 N–H and O–H groups in total. The summed E-state index contributed by atoms with van der Waals surface area (Å²) in [6.07, 6.45) is -20.0. The van der Waals surface area contributed by atoms with Crippen molar-refractivity contribution in [2.24, 2.45) is 0 Å². The van der Waals surface area contributed by atoms with Crippen LogP contribution in [0.2, 0.25) is 0 Å². The fourth-order valence-electron chi connectivity index (χ4n) is 11.7. The van der Waals surface area contributed by atoms with E-state index in [4.69, 9.17) is 0 Å². The lowest BCUT2D eigenvalue weighted by Gasteiger charge is -2.46. The third-order valence-corrected chi connectivity index (χ3v) is 16.4. The zero-order chi connectivity index (χ0) is 68.2. The fourth-order valence-corrected chi connectivity index (χ4v) is 11.7. The average Bonchev–Trinajstić information content (AvgIpc) is 0.715. The standard InChI is InChI=1S/C32H12BF24.C32H68N/c34-25(35,36)13-1-14(26(37,38)39)6-21(5-13)33(22-7-15(27(40,41)42)2-16(8-22)28(43,44)45,23-9-17(29(46,47)48)3-18(10-23)30(49,50)51)24-11-19(31(52,53)54)4-20(12-24)32(55,56)57;1-5-9-13-17-21-25-29-33(30-26-22-18-14-10-6-2,31-27-23-19-15-11-7-3)32-28-24-20-16-12-8-4/h1-12H;5-32H2,1-4H3/q-1;+1. The van der Waals surface area contributed by atoms with E-state index in [1.807, 2.05) is 0 Å². The third-order valence-electron chi connectivity index (χ3n) is 16.4. The molecule has 0 unspecified atom stereocenters. The Kier molecular flexibility index (Phi) is 29.9. The Hall–Kier alpha value is -4.78. The SMILES string of the molecule is CCCCCCCC[N+](CCCCCCCC)(CCCCCCCC)CCCCCCCC.FC(F)(F)c1cc([B-](c2cc(C(F)(F)F)cc(C(F)(F)F)c2)(c2cc(C(F)(F)F)cc(C(F)(F)F)c2)c2cc(C(F)(F)F)cc(C(F)(F)F)c2)cc(C(F)(F)F)c1. The summed E-state index contributed by atoms with van der Waals surface area (Å²) in [5.41, 5.74) is -30.2. The van der Waals surface area contributed by atoms with E-state index in [2.05, 4.69) is 27.7 Å². The Bertz CT molecular complexity index is 2260. The lowest BCUT2D eigenvalue weighted by atomic mass is 9.12. The maximum Gasteiger partial charge on any atom is 0.416 e. The molecule has 0 spiro atoms.